The first-order chi connectivity index (χ1) is 20.2. The van der Waals surface area contributed by atoms with Gasteiger partial charge in [-0.25, -0.2) is 4.79 Å². The van der Waals surface area contributed by atoms with Gasteiger partial charge in [-0.2, -0.15) is 0 Å². The number of benzene rings is 4. The van der Waals surface area contributed by atoms with Gasteiger partial charge in [0.1, 0.15) is 24.7 Å². The Labute approximate surface area is 241 Å². The molecule has 5 aromatic rings. The molecular formula is C36H33NO4. The summed E-state index contributed by atoms with van der Waals surface area (Å²) in [5.41, 5.74) is 6.27. The summed E-state index contributed by atoms with van der Waals surface area (Å²) >= 11 is 0. The fourth-order valence-electron chi connectivity index (χ4n) is 4.54. The van der Waals surface area contributed by atoms with Crippen molar-refractivity contribution in [2.45, 2.75) is 26.7 Å². The molecule has 5 rings (SSSR count). The largest absolute Gasteiger partial charge is 0.489 e. The first-order valence-electron chi connectivity index (χ1n) is 13.7. The molecule has 0 spiro atoms. The summed E-state index contributed by atoms with van der Waals surface area (Å²) < 4.78 is 19.6. The van der Waals surface area contributed by atoms with Crippen LogP contribution in [0.15, 0.2) is 128 Å². The van der Waals surface area contributed by atoms with Crippen LogP contribution >= 0.6 is 0 Å². The predicted molar refractivity (Wildman–Crippen MR) is 163 cm³/mol. The highest BCUT2D eigenvalue weighted by Gasteiger charge is 2.11. The van der Waals surface area contributed by atoms with Crippen molar-refractivity contribution in [1.82, 2.24) is 4.57 Å². The van der Waals surface area contributed by atoms with E-state index in [-0.39, 0.29) is 5.97 Å². The van der Waals surface area contributed by atoms with E-state index in [2.05, 4.69) is 35.0 Å². The Balaban J connectivity index is 1.42. The van der Waals surface area contributed by atoms with Crippen LogP contribution in [-0.2, 0) is 29.3 Å². The van der Waals surface area contributed by atoms with E-state index < -0.39 is 0 Å². The van der Waals surface area contributed by atoms with E-state index in [4.69, 9.17) is 14.2 Å². The Morgan fingerprint density at radius 2 is 1.27 bits per heavy atom. The molecule has 1 heterocycles. The minimum atomic E-state index is -0.359. The van der Waals surface area contributed by atoms with Crippen LogP contribution in [0.4, 0.5) is 0 Å². The number of carbonyl (C=O) groups is 1. The summed E-state index contributed by atoms with van der Waals surface area (Å²) in [6.45, 7) is 3.66. The van der Waals surface area contributed by atoms with Crippen molar-refractivity contribution in [3.63, 3.8) is 0 Å². The van der Waals surface area contributed by atoms with Crippen LogP contribution in [-0.4, -0.2) is 17.1 Å². The summed E-state index contributed by atoms with van der Waals surface area (Å²) in [7, 11) is 0. The van der Waals surface area contributed by atoms with Gasteiger partial charge in [0.2, 0.25) is 0 Å². The van der Waals surface area contributed by atoms with Gasteiger partial charge in [-0.3, -0.25) is 0 Å². The van der Waals surface area contributed by atoms with E-state index >= 15 is 0 Å². The average molecular weight is 544 g/mol. The van der Waals surface area contributed by atoms with Gasteiger partial charge in [0, 0.05) is 42.2 Å². The Hall–Kier alpha value is -5.03. The summed E-state index contributed by atoms with van der Waals surface area (Å²) in [4.78, 5) is 12.0. The van der Waals surface area contributed by atoms with Crippen LogP contribution in [0.2, 0.25) is 0 Å². The van der Waals surface area contributed by atoms with Gasteiger partial charge in [-0.1, -0.05) is 91.0 Å². The average Bonchev–Trinajstić information content (AvgIpc) is 3.42. The molecule has 0 atom stereocenters. The Kier molecular flexibility index (Phi) is 9.30. The Morgan fingerprint density at radius 3 is 1.83 bits per heavy atom. The summed E-state index contributed by atoms with van der Waals surface area (Å²) in [5.74, 6) is 1.13. The number of nitrogens with zero attached hydrogens (tertiary/aromatic N) is 1. The molecule has 206 valence electrons. The van der Waals surface area contributed by atoms with E-state index in [0.29, 0.717) is 26.4 Å². The molecule has 0 saturated carbocycles. The van der Waals surface area contributed by atoms with Crippen LogP contribution in [0, 0.1) is 0 Å². The maximum Gasteiger partial charge on any atom is 0.330 e. The van der Waals surface area contributed by atoms with Crippen LogP contribution in [0.25, 0.3) is 17.2 Å². The zero-order valence-electron chi connectivity index (χ0n) is 23.1. The number of carbonyl (C=O) groups excluding carboxylic acids is 1. The zero-order valence-corrected chi connectivity index (χ0v) is 23.1. The standard InChI is InChI=1S/C36H33NO4/c1-2-39-36(38)19-18-32-24-37(25-35(32)31-16-10-5-11-17-31)23-30-20-33(40-26-28-12-6-3-7-13-28)22-34(21-30)41-27-29-14-8-4-9-15-29/h3-22,24-25H,2,23,26-27H2,1H3/b19-18+. The van der Waals surface area contributed by atoms with E-state index in [9.17, 15) is 4.79 Å². The van der Waals surface area contributed by atoms with Gasteiger partial charge in [-0.15, -0.1) is 0 Å². The van der Waals surface area contributed by atoms with Gasteiger partial charge < -0.3 is 18.8 Å². The highest BCUT2D eigenvalue weighted by Crippen LogP contribution is 2.29. The highest BCUT2D eigenvalue weighted by atomic mass is 16.5. The number of hydrogen-bond acceptors (Lipinski definition) is 4. The van der Waals surface area contributed by atoms with Crippen LogP contribution < -0.4 is 9.47 Å². The monoisotopic (exact) mass is 543 g/mol. The number of rotatable bonds is 12. The third kappa shape index (κ3) is 7.99. The van der Waals surface area contributed by atoms with Crippen molar-refractivity contribution in [1.29, 1.82) is 0 Å². The van der Waals surface area contributed by atoms with Gasteiger partial charge in [-0.05, 0) is 47.4 Å². The molecule has 1 aromatic heterocycles. The van der Waals surface area contributed by atoms with Crippen molar-refractivity contribution in [3.8, 4) is 22.6 Å². The maximum absolute atomic E-state index is 12.0. The summed E-state index contributed by atoms with van der Waals surface area (Å²) in [6.07, 6.45) is 7.43. The second-order valence-corrected chi connectivity index (χ2v) is 9.61. The molecule has 41 heavy (non-hydrogen) atoms. The molecule has 0 unspecified atom stereocenters. The van der Waals surface area contributed by atoms with Crippen molar-refractivity contribution < 1.29 is 19.0 Å². The van der Waals surface area contributed by atoms with Gasteiger partial charge in [0.05, 0.1) is 6.61 Å². The van der Waals surface area contributed by atoms with Crippen molar-refractivity contribution >= 4 is 12.0 Å². The minimum absolute atomic E-state index is 0.340. The van der Waals surface area contributed by atoms with Crippen LogP contribution in [0.1, 0.15) is 29.2 Å². The first kappa shape index (κ1) is 27.5. The second kappa shape index (κ2) is 13.9. The van der Waals surface area contributed by atoms with E-state index in [0.717, 1.165) is 44.9 Å². The lowest BCUT2D eigenvalue weighted by Crippen LogP contribution is -2.02. The second-order valence-electron chi connectivity index (χ2n) is 9.61. The smallest absolute Gasteiger partial charge is 0.330 e. The molecular weight excluding hydrogens is 510 g/mol. The molecule has 5 heteroatoms. The fourth-order valence-corrected chi connectivity index (χ4v) is 4.54. The molecule has 0 N–H and O–H groups in total. The molecule has 0 saturated heterocycles. The van der Waals surface area contributed by atoms with Crippen molar-refractivity contribution in [2.75, 3.05) is 6.61 Å². The van der Waals surface area contributed by atoms with Gasteiger partial charge >= 0.3 is 5.97 Å². The molecule has 5 nitrogen and oxygen atoms in total. The topological polar surface area (TPSA) is 49.7 Å². The third-order valence-electron chi connectivity index (χ3n) is 6.48. The Bertz CT molecular complexity index is 1510. The van der Waals surface area contributed by atoms with Crippen LogP contribution in [0.5, 0.6) is 11.5 Å². The predicted octanol–water partition coefficient (Wildman–Crippen LogP) is 7.94. The molecule has 0 amide bonds. The summed E-state index contributed by atoms with van der Waals surface area (Å²) in [5, 5.41) is 0. The molecule has 4 aromatic carbocycles. The highest BCUT2D eigenvalue weighted by molar-refractivity contribution is 5.89. The lowest BCUT2D eigenvalue weighted by atomic mass is 10.0. The van der Waals surface area contributed by atoms with Crippen molar-refractivity contribution in [3.05, 3.63) is 150 Å². The van der Waals surface area contributed by atoms with Gasteiger partial charge in [0.25, 0.3) is 0 Å². The molecule has 0 aliphatic heterocycles. The first-order valence-corrected chi connectivity index (χ1v) is 13.7. The lowest BCUT2D eigenvalue weighted by molar-refractivity contribution is -0.137. The number of hydrogen-bond donors (Lipinski definition) is 0. The quantitative estimate of drug-likeness (QED) is 0.118. The van der Waals surface area contributed by atoms with E-state index in [1.807, 2.05) is 97.2 Å². The van der Waals surface area contributed by atoms with Gasteiger partial charge in [0.15, 0.2) is 0 Å². The molecule has 0 fully saturated rings. The number of aromatic nitrogens is 1. The van der Waals surface area contributed by atoms with E-state index in [1.54, 1.807) is 6.92 Å². The molecule has 0 aliphatic rings. The molecule has 0 radical (unpaired) electrons. The van der Waals surface area contributed by atoms with Crippen LogP contribution in [0.3, 0.4) is 0 Å². The maximum atomic E-state index is 12.0. The SMILES string of the molecule is CCOC(=O)/C=C/c1cn(Cc2cc(OCc3ccccc3)cc(OCc3ccccc3)c2)cc1-c1ccccc1. The fraction of sp³-hybridized carbons (Fsp3) is 0.139. The minimum Gasteiger partial charge on any atom is -0.489 e. The third-order valence-corrected chi connectivity index (χ3v) is 6.48. The lowest BCUT2D eigenvalue weighted by Gasteiger charge is -2.13. The molecule has 0 aliphatic carbocycles. The molecule has 0 bridgehead atoms. The zero-order chi connectivity index (χ0) is 28.3. The normalized spacial score (nSPS) is 11.0. The summed E-state index contributed by atoms with van der Waals surface area (Å²) in [6, 6.07) is 36.4. The Morgan fingerprint density at radius 1 is 0.707 bits per heavy atom. The number of esters is 1. The number of ether oxygens (including phenoxy) is 3. The van der Waals surface area contributed by atoms with E-state index in [1.165, 1.54) is 6.08 Å². The van der Waals surface area contributed by atoms with Crippen molar-refractivity contribution in [2.24, 2.45) is 0 Å².